The van der Waals surface area contributed by atoms with Gasteiger partial charge in [-0.05, 0) is 74.6 Å². The minimum atomic E-state index is -3.43. The van der Waals surface area contributed by atoms with Crippen molar-refractivity contribution in [2.45, 2.75) is 55.9 Å². The van der Waals surface area contributed by atoms with Gasteiger partial charge in [-0.3, -0.25) is 4.79 Å². The van der Waals surface area contributed by atoms with Gasteiger partial charge in [0.15, 0.2) is 0 Å². The highest BCUT2D eigenvalue weighted by Gasteiger charge is 2.42. The lowest BCUT2D eigenvalue weighted by atomic mass is 10.1. The van der Waals surface area contributed by atoms with Gasteiger partial charge in [0.25, 0.3) is 5.91 Å². The van der Waals surface area contributed by atoms with Crippen LogP contribution in [-0.2, 0) is 10.0 Å². The van der Waals surface area contributed by atoms with Crippen molar-refractivity contribution in [1.82, 2.24) is 9.62 Å². The molecule has 1 amide bonds. The molecule has 1 aromatic rings. The van der Waals surface area contributed by atoms with E-state index in [1.54, 1.807) is 28.6 Å². The van der Waals surface area contributed by atoms with Crippen LogP contribution in [0.5, 0.6) is 0 Å². The van der Waals surface area contributed by atoms with Crippen LogP contribution >= 0.6 is 0 Å². The number of amides is 1. The van der Waals surface area contributed by atoms with E-state index < -0.39 is 10.0 Å². The van der Waals surface area contributed by atoms with E-state index in [1.165, 1.54) is 25.7 Å². The fraction of sp³-hybridized carbons (Fsp3) is 0.632. The zero-order chi connectivity index (χ0) is 17.4. The molecule has 0 unspecified atom stereocenters. The van der Waals surface area contributed by atoms with E-state index in [-0.39, 0.29) is 10.8 Å². The Balaban J connectivity index is 1.44. The zero-order valence-corrected chi connectivity index (χ0v) is 15.3. The molecule has 1 saturated heterocycles. The van der Waals surface area contributed by atoms with Gasteiger partial charge in [0.2, 0.25) is 10.0 Å². The average molecular weight is 362 g/mol. The molecule has 1 aliphatic heterocycles. The molecule has 0 bridgehead atoms. The monoisotopic (exact) mass is 362 g/mol. The number of benzene rings is 1. The van der Waals surface area contributed by atoms with Gasteiger partial charge in [-0.2, -0.15) is 4.31 Å². The highest BCUT2D eigenvalue weighted by atomic mass is 32.2. The molecule has 0 spiro atoms. The van der Waals surface area contributed by atoms with Crippen molar-refractivity contribution in [2.75, 3.05) is 13.1 Å². The molecule has 2 aliphatic carbocycles. The molecule has 2 saturated carbocycles. The summed E-state index contributed by atoms with van der Waals surface area (Å²) in [7, 11) is -3.43. The van der Waals surface area contributed by atoms with E-state index >= 15 is 0 Å². The quantitative estimate of drug-likeness (QED) is 0.846. The Labute approximate surface area is 149 Å². The Morgan fingerprint density at radius 1 is 0.960 bits per heavy atom. The molecule has 4 rings (SSSR count). The van der Waals surface area contributed by atoms with Crippen LogP contribution in [0.1, 0.15) is 55.3 Å². The first kappa shape index (κ1) is 17.0. The number of piperidine rings is 1. The number of nitrogens with one attached hydrogen (secondary N) is 1. The largest absolute Gasteiger partial charge is 0.349 e. The summed E-state index contributed by atoms with van der Waals surface area (Å²) >= 11 is 0. The number of nitrogens with zero attached hydrogens (tertiary/aromatic N) is 1. The van der Waals surface area contributed by atoms with Crippen molar-refractivity contribution >= 4 is 15.9 Å². The van der Waals surface area contributed by atoms with Gasteiger partial charge < -0.3 is 5.32 Å². The van der Waals surface area contributed by atoms with Crippen molar-refractivity contribution in [3.05, 3.63) is 29.8 Å². The Morgan fingerprint density at radius 2 is 1.52 bits per heavy atom. The zero-order valence-electron chi connectivity index (χ0n) is 14.5. The third-order valence-corrected chi connectivity index (χ3v) is 7.54. The van der Waals surface area contributed by atoms with Gasteiger partial charge in [-0.25, -0.2) is 8.42 Å². The topological polar surface area (TPSA) is 66.5 Å². The summed E-state index contributed by atoms with van der Waals surface area (Å²) in [5.41, 5.74) is 0.545. The molecule has 1 heterocycles. The van der Waals surface area contributed by atoms with Gasteiger partial charge in [-0.1, -0.05) is 6.42 Å². The molecule has 3 fully saturated rings. The number of rotatable bonds is 6. The predicted molar refractivity (Wildman–Crippen MR) is 95.8 cm³/mol. The van der Waals surface area contributed by atoms with Crippen molar-refractivity contribution in [3.8, 4) is 0 Å². The van der Waals surface area contributed by atoms with Crippen molar-refractivity contribution in [1.29, 1.82) is 0 Å². The second-order valence-corrected chi connectivity index (χ2v) is 9.60. The lowest BCUT2D eigenvalue weighted by molar-refractivity contribution is 0.0926. The molecule has 3 aliphatic rings. The molecule has 1 aromatic carbocycles. The molecule has 0 radical (unpaired) electrons. The Bertz CT molecular complexity index is 718. The van der Waals surface area contributed by atoms with Gasteiger partial charge in [0, 0.05) is 24.7 Å². The van der Waals surface area contributed by atoms with Crippen molar-refractivity contribution < 1.29 is 13.2 Å². The number of hydrogen-bond acceptors (Lipinski definition) is 3. The number of hydrogen-bond donors (Lipinski definition) is 1. The summed E-state index contributed by atoms with van der Waals surface area (Å²) < 4.78 is 26.9. The maximum atomic E-state index is 12.7. The summed E-state index contributed by atoms with van der Waals surface area (Å²) in [6.07, 6.45) is 7.80. The molecule has 136 valence electrons. The summed E-state index contributed by atoms with van der Waals surface area (Å²) in [5, 5.41) is 3.18. The first-order valence-corrected chi connectivity index (χ1v) is 10.9. The molecule has 1 N–H and O–H groups in total. The van der Waals surface area contributed by atoms with Gasteiger partial charge in [-0.15, -0.1) is 0 Å². The predicted octanol–water partition coefficient (Wildman–Crippen LogP) is 2.78. The van der Waals surface area contributed by atoms with Gasteiger partial charge in [0.05, 0.1) is 4.90 Å². The summed E-state index contributed by atoms with van der Waals surface area (Å²) in [6.45, 7) is 1.18. The smallest absolute Gasteiger partial charge is 0.251 e. The highest BCUT2D eigenvalue weighted by Crippen LogP contribution is 2.44. The summed E-state index contributed by atoms with van der Waals surface area (Å²) in [5.74, 6) is 1.22. The van der Waals surface area contributed by atoms with Crippen molar-refractivity contribution in [2.24, 2.45) is 11.8 Å². The maximum absolute atomic E-state index is 12.7. The second kappa shape index (κ2) is 6.72. The Hall–Kier alpha value is -1.40. The van der Waals surface area contributed by atoms with Crippen LogP contribution in [-0.4, -0.2) is 37.8 Å². The second-order valence-electron chi connectivity index (χ2n) is 7.66. The van der Waals surface area contributed by atoms with Crippen LogP contribution in [0, 0.1) is 11.8 Å². The average Bonchev–Trinajstić information content (AvgIpc) is 3.54. The highest BCUT2D eigenvalue weighted by molar-refractivity contribution is 7.89. The van der Waals surface area contributed by atoms with E-state index in [2.05, 4.69) is 5.32 Å². The lowest BCUT2D eigenvalue weighted by Gasteiger charge is -2.25. The van der Waals surface area contributed by atoms with Gasteiger partial charge in [0.1, 0.15) is 0 Å². The Morgan fingerprint density at radius 3 is 2.04 bits per heavy atom. The van der Waals surface area contributed by atoms with Crippen LogP contribution in [0.4, 0.5) is 0 Å². The van der Waals surface area contributed by atoms with E-state index in [9.17, 15) is 13.2 Å². The fourth-order valence-electron chi connectivity index (χ4n) is 3.80. The number of sulfonamides is 1. The molecular weight excluding hydrogens is 336 g/mol. The molecule has 0 aromatic heterocycles. The minimum Gasteiger partial charge on any atom is -0.349 e. The first-order chi connectivity index (χ1) is 12.1. The molecule has 5 nitrogen and oxygen atoms in total. The van der Waals surface area contributed by atoms with E-state index in [0.717, 1.165) is 19.3 Å². The van der Waals surface area contributed by atoms with Crippen LogP contribution in [0.25, 0.3) is 0 Å². The summed E-state index contributed by atoms with van der Waals surface area (Å²) in [6, 6.07) is 6.74. The van der Waals surface area contributed by atoms with Crippen LogP contribution in [0.3, 0.4) is 0 Å². The third-order valence-electron chi connectivity index (χ3n) is 5.63. The summed E-state index contributed by atoms with van der Waals surface area (Å²) in [4.78, 5) is 12.8. The minimum absolute atomic E-state index is 0.0780. The van der Waals surface area contributed by atoms with Crippen molar-refractivity contribution in [3.63, 3.8) is 0 Å². The molecule has 6 heteroatoms. The normalized spacial score (nSPS) is 22.1. The molecule has 25 heavy (non-hydrogen) atoms. The Kier molecular flexibility index (Phi) is 4.58. The third kappa shape index (κ3) is 3.75. The van der Waals surface area contributed by atoms with E-state index in [1.807, 2.05) is 0 Å². The standard InChI is InChI=1S/C19H26N2O3S/c22-19(20-18(14-4-5-14)15-6-7-15)16-8-10-17(11-9-16)25(23,24)21-12-2-1-3-13-21/h8-11,14-15,18H,1-7,12-13H2,(H,20,22). The SMILES string of the molecule is O=C(NC(C1CC1)C1CC1)c1ccc(S(=O)(=O)N2CCCCC2)cc1. The molecule has 0 atom stereocenters. The number of carbonyl (C=O) groups is 1. The first-order valence-electron chi connectivity index (χ1n) is 9.47. The van der Waals surface area contributed by atoms with Crippen LogP contribution in [0.2, 0.25) is 0 Å². The fourth-order valence-corrected chi connectivity index (χ4v) is 5.32. The number of carbonyl (C=O) groups excluding carboxylic acids is 1. The van der Waals surface area contributed by atoms with E-state index in [0.29, 0.717) is 36.5 Å². The van der Waals surface area contributed by atoms with Gasteiger partial charge >= 0.3 is 0 Å². The lowest BCUT2D eigenvalue weighted by Crippen LogP contribution is -2.38. The van der Waals surface area contributed by atoms with Crippen LogP contribution in [0.15, 0.2) is 29.2 Å². The van der Waals surface area contributed by atoms with E-state index in [4.69, 9.17) is 0 Å². The maximum Gasteiger partial charge on any atom is 0.251 e. The van der Waals surface area contributed by atoms with Crippen LogP contribution < -0.4 is 5.32 Å². The molecular formula is C19H26N2O3S.